The van der Waals surface area contributed by atoms with Gasteiger partial charge in [0, 0.05) is 29.8 Å². The number of amides is 1. The highest BCUT2D eigenvalue weighted by atomic mass is 79.9. The maximum atomic E-state index is 12.1. The molecule has 0 unspecified atom stereocenters. The Morgan fingerprint density at radius 3 is 2.35 bits per heavy atom. The Labute approximate surface area is 126 Å². The van der Waals surface area contributed by atoms with Crippen molar-refractivity contribution in [1.29, 1.82) is 0 Å². The minimum Gasteiger partial charge on any atom is -0.506 e. The molecule has 0 saturated heterocycles. The summed E-state index contributed by atoms with van der Waals surface area (Å²) < 4.78 is 0.753. The van der Waals surface area contributed by atoms with E-state index in [-0.39, 0.29) is 11.7 Å². The Hall–Kier alpha value is -2.01. The van der Waals surface area contributed by atoms with Gasteiger partial charge < -0.3 is 15.3 Å². The third-order valence-corrected chi connectivity index (χ3v) is 3.35. The topological polar surface area (TPSA) is 52.6 Å². The van der Waals surface area contributed by atoms with Crippen LogP contribution in [-0.2, 0) is 0 Å². The van der Waals surface area contributed by atoms with Crippen molar-refractivity contribution < 1.29 is 9.90 Å². The number of phenolic OH excluding ortho intramolecular Hbond substituents is 1. The number of rotatable bonds is 3. The van der Waals surface area contributed by atoms with Gasteiger partial charge in [0.2, 0.25) is 0 Å². The molecule has 0 heterocycles. The fraction of sp³-hybridized carbons (Fsp3) is 0.133. The SMILES string of the molecule is CN(C)c1ccc(C(=O)Nc2ccc(Br)cc2O)cc1. The normalized spacial score (nSPS) is 10.2. The highest BCUT2D eigenvalue weighted by Gasteiger charge is 2.09. The smallest absolute Gasteiger partial charge is 0.255 e. The molecule has 20 heavy (non-hydrogen) atoms. The zero-order valence-corrected chi connectivity index (χ0v) is 12.8. The predicted molar refractivity (Wildman–Crippen MR) is 84.5 cm³/mol. The second-order valence-corrected chi connectivity index (χ2v) is 5.47. The number of carbonyl (C=O) groups is 1. The summed E-state index contributed by atoms with van der Waals surface area (Å²) in [7, 11) is 3.88. The van der Waals surface area contributed by atoms with Crippen LogP contribution in [0.1, 0.15) is 10.4 Å². The molecule has 104 valence electrons. The van der Waals surface area contributed by atoms with Crippen LogP contribution in [0.2, 0.25) is 0 Å². The maximum Gasteiger partial charge on any atom is 0.255 e. The standard InChI is InChI=1S/C15H15BrN2O2/c1-18(2)12-6-3-10(4-7-12)15(20)17-13-8-5-11(16)9-14(13)19/h3-9,19H,1-2H3,(H,17,20). The average molecular weight is 335 g/mol. The van der Waals surface area contributed by atoms with E-state index in [4.69, 9.17) is 0 Å². The van der Waals surface area contributed by atoms with Crippen LogP contribution in [0.4, 0.5) is 11.4 Å². The first kappa shape index (κ1) is 14.4. The molecule has 2 aromatic rings. The van der Waals surface area contributed by atoms with Crippen LogP contribution in [0.3, 0.4) is 0 Å². The molecule has 2 rings (SSSR count). The Morgan fingerprint density at radius 2 is 1.80 bits per heavy atom. The summed E-state index contributed by atoms with van der Waals surface area (Å²) in [5.41, 5.74) is 1.95. The fourth-order valence-electron chi connectivity index (χ4n) is 1.72. The van der Waals surface area contributed by atoms with Crippen LogP contribution in [0, 0.1) is 0 Å². The lowest BCUT2D eigenvalue weighted by molar-refractivity contribution is 0.102. The van der Waals surface area contributed by atoms with Gasteiger partial charge in [-0.25, -0.2) is 0 Å². The van der Waals surface area contributed by atoms with E-state index in [1.54, 1.807) is 24.3 Å². The lowest BCUT2D eigenvalue weighted by Gasteiger charge is -2.13. The Morgan fingerprint density at radius 1 is 1.15 bits per heavy atom. The number of phenols is 1. The maximum absolute atomic E-state index is 12.1. The van der Waals surface area contributed by atoms with Crippen molar-refractivity contribution in [2.75, 3.05) is 24.3 Å². The second kappa shape index (κ2) is 5.96. The Balaban J connectivity index is 2.15. The molecule has 2 N–H and O–H groups in total. The molecule has 5 heteroatoms. The van der Waals surface area contributed by atoms with Crippen molar-refractivity contribution in [1.82, 2.24) is 0 Å². The van der Waals surface area contributed by atoms with Gasteiger partial charge in [-0.3, -0.25) is 4.79 Å². The van der Waals surface area contributed by atoms with Crippen molar-refractivity contribution in [3.05, 3.63) is 52.5 Å². The highest BCUT2D eigenvalue weighted by Crippen LogP contribution is 2.27. The van der Waals surface area contributed by atoms with E-state index in [9.17, 15) is 9.90 Å². The van der Waals surface area contributed by atoms with E-state index in [2.05, 4.69) is 21.2 Å². The van der Waals surface area contributed by atoms with Crippen LogP contribution < -0.4 is 10.2 Å². The quantitative estimate of drug-likeness (QED) is 0.845. The number of nitrogens with zero attached hydrogens (tertiary/aromatic N) is 1. The van der Waals surface area contributed by atoms with Gasteiger partial charge in [0.05, 0.1) is 5.69 Å². The summed E-state index contributed by atoms with van der Waals surface area (Å²) in [6.45, 7) is 0. The van der Waals surface area contributed by atoms with Gasteiger partial charge in [-0.05, 0) is 42.5 Å². The number of benzene rings is 2. The summed E-state index contributed by atoms with van der Waals surface area (Å²) in [6.07, 6.45) is 0. The summed E-state index contributed by atoms with van der Waals surface area (Å²) in [6, 6.07) is 12.2. The molecule has 0 saturated carbocycles. The Kier molecular flexibility index (Phi) is 4.29. The van der Waals surface area contributed by atoms with E-state index >= 15 is 0 Å². The van der Waals surface area contributed by atoms with Crippen LogP contribution >= 0.6 is 15.9 Å². The first-order valence-corrected chi connectivity index (χ1v) is 6.84. The largest absolute Gasteiger partial charge is 0.506 e. The summed E-state index contributed by atoms with van der Waals surface area (Å²) in [4.78, 5) is 14.0. The fourth-order valence-corrected chi connectivity index (χ4v) is 2.06. The second-order valence-electron chi connectivity index (χ2n) is 4.56. The molecule has 1 amide bonds. The number of nitrogens with one attached hydrogen (secondary N) is 1. The number of aromatic hydroxyl groups is 1. The van der Waals surface area contributed by atoms with Gasteiger partial charge >= 0.3 is 0 Å². The highest BCUT2D eigenvalue weighted by molar-refractivity contribution is 9.10. The number of hydrogen-bond acceptors (Lipinski definition) is 3. The van der Waals surface area contributed by atoms with Gasteiger partial charge in [0.15, 0.2) is 0 Å². The van der Waals surface area contributed by atoms with Crippen molar-refractivity contribution in [2.24, 2.45) is 0 Å². The van der Waals surface area contributed by atoms with Crippen molar-refractivity contribution >= 4 is 33.2 Å². The predicted octanol–water partition coefficient (Wildman–Crippen LogP) is 3.47. The van der Waals surface area contributed by atoms with Crippen LogP contribution in [-0.4, -0.2) is 25.1 Å². The molecule has 0 aliphatic rings. The minimum atomic E-state index is -0.257. The molecule has 0 spiro atoms. The molecule has 4 nitrogen and oxygen atoms in total. The van der Waals surface area contributed by atoms with E-state index in [0.29, 0.717) is 11.3 Å². The summed E-state index contributed by atoms with van der Waals surface area (Å²) in [5, 5.41) is 12.4. The first-order valence-electron chi connectivity index (χ1n) is 6.04. The first-order chi connectivity index (χ1) is 9.47. The van der Waals surface area contributed by atoms with E-state index < -0.39 is 0 Å². The van der Waals surface area contributed by atoms with Crippen LogP contribution in [0.15, 0.2) is 46.9 Å². The van der Waals surface area contributed by atoms with Crippen molar-refractivity contribution in [3.8, 4) is 5.75 Å². The molecular formula is C15H15BrN2O2. The molecule has 0 atom stereocenters. The molecular weight excluding hydrogens is 320 g/mol. The van der Waals surface area contributed by atoms with E-state index in [1.165, 1.54) is 6.07 Å². The van der Waals surface area contributed by atoms with Crippen molar-refractivity contribution in [2.45, 2.75) is 0 Å². The summed E-state index contributed by atoms with van der Waals surface area (Å²) >= 11 is 3.25. The van der Waals surface area contributed by atoms with Crippen LogP contribution in [0.5, 0.6) is 5.75 Å². The number of anilines is 2. The van der Waals surface area contributed by atoms with Gasteiger partial charge in [0.25, 0.3) is 5.91 Å². The van der Waals surface area contributed by atoms with Gasteiger partial charge in [-0.15, -0.1) is 0 Å². The molecule has 0 bridgehead atoms. The number of hydrogen-bond donors (Lipinski definition) is 2. The third-order valence-electron chi connectivity index (χ3n) is 2.85. The lowest BCUT2D eigenvalue weighted by Crippen LogP contribution is -2.13. The van der Waals surface area contributed by atoms with E-state index in [1.807, 2.05) is 31.1 Å². The van der Waals surface area contributed by atoms with E-state index in [0.717, 1.165) is 10.2 Å². The third kappa shape index (κ3) is 3.30. The Bertz CT molecular complexity index is 624. The summed E-state index contributed by atoms with van der Waals surface area (Å²) in [5.74, 6) is -0.231. The average Bonchev–Trinajstić information content (AvgIpc) is 2.42. The lowest BCUT2D eigenvalue weighted by atomic mass is 10.2. The molecule has 0 aliphatic heterocycles. The van der Waals surface area contributed by atoms with Gasteiger partial charge in [-0.1, -0.05) is 15.9 Å². The molecule has 0 aromatic heterocycles. The van der Waals surface area contributed by atoms with Crippen molar-refractivity contribution in [3.63, 3.8) is 0 Å². The minimum absolute atomic E-state index is 0.0256. The zero-order valence-electron chi connectivity index (χ0n) is 11.2. The monoisotopic (exact) mass is 334 g/mol. The van der Waals surface area contributed by atoms with Gasteiger partial charge in [0.1, 0.15) is 5.75 Å². The molecule has 2 aromatic carbocycles. The number of halogens is 1. The number of carbonyl (C=O) groups excluding carboxylic acids is 1. The zero-order chi connectivity index (χ0) is 14.7. The molecule has 0 radical (unpaired) electrons. The van der Waals surface area contributed by atoms with Crippen LogP contribution in [0.25, 0.3) is 0 Å². The molecule has 0 fully saturated rings. The molecule has 0 aliphatic carbocycles. The van der Waals surface area contributed by atoms with Gasteiger partial charge in [-0.2, -0.15) is 0 Å².